The Kier molecular flexibility index (Phi) is 6.74. The first-order chi connectivity index (χ1) is 18.4. The molecule has 0 amide bonds. The number of hydrogen-bond donors (Lipinski definition) is 6. The van der Waals surface area contributed by atoms with Crippen LogP contribution in [0.2, 0.25) is 0 Å². The molecule has 39 heavy (non-hydrogen) atoms. The molecule has 208 valence electrons. The first-order valence-corrected chi connectivity index (χ1v) is 12.4. The fourth-order valence-electron chi connectivity index (χ4n) is 5.75. The molecule has 2 aromatic carbocycles. The maximum atomic E-state index is 13.6. The van der Waals surface area contributed by atoms with Gasteiger partial charge in [0, 0.05) is 42.0 Å². The van der Waals surface area contributed by atoms with E-state index in [0.29, 0.717) is 0 Å². The van der Waals surface area contributed by atoms with Crippen LogP contribution >= 0.6 is 0 Å². The van der Waals surface area contributed by atoms with Gasteiger partial charge in [-0.05, 0) is 13.0 Å². The van der Waals surface area contributed by atoms with Crippen LogP contribution in [0.4, 0.5) is 0 Å². The van der Waals surface area contributed by atoms with Crippen LogP contribution < -0.4 is 10.5 Å². The smallest absolute Gasteiger partial charge is 0.202 e. The lowest BCUT2D eigenvalue weighted by atomic mass is 9.72. The zero-order valence-electron chi connectivity index (χ0n) is 21.2. The number of aliphatic hydroxyl groups excluding tert-OH is 2. The first-order valence-electron chi connectivity index (χ1n) is 12.4. The number of nitrogens with two attached hydrogens (primary N) is 1. The van der Waals surface area contributed by atoms with Crippen molar-refractivity contribution in [3.63, 3.8) is 0 Å². The van der Waals surface area contributed by atoms with Crippen molar-refractivity contribution < 1.29 is 54.1 Å². The van der Waals surface area contributed by atoms with Gasteiger partial charge in [0.25, 0.3) is 0 Å². The molecule has 12 nitrogen and oxygen atoms in total. The number of carbonyl (C=O) groups is 3. The molecule has 0 radical (unpaired) electrons. The van der Waals surface area contributed by atoms with Crippen LogP contribution in [0.25, 0.3) is 0 Å². The summed E-state index contributed by atoms with van der Waals surface area (Å²) in [7, 11) is 1.32. The molecule has 3 aliphatic rings. The lowest BCUT2D eigenvalue weighted by Crippen LogP contribution is -2.53. The van der Waals surface area contributed by atoms with Gasteiger partial charge < -0.3 is 45.5 Å². The van der Waals surface area contributed by atoms with Crippen molar-refractivity contribution in [1.82, 2.24) is 0 Å². The van der Waals surface area contributed by atoms with Gasteiger partial charge in [-0.3, -0.25) is 14.4 Å². The summed E-state index contributed by atoms with van der Waals surface area (Å²) in [5, 5.41) is 53.7. The van der Waals surface area contributed by atoms with Gasteiger partial charge in [-0.1, -0.05) is 12.1 Å². The number of aliphatic hydroxyl groups is 3. The number of aromatic hydroxyl groups is 2. The van der Waals surface area contributed by atoms with E-state index >= 15 is 0 Å². The van der Waals surface area contributed by atoms with E-state index in [9.17, 15) is 39.9 Å². The van der Waals surface area contributed by atoms with Crippen molar-refractivity contribution in [2.75, 3.05) is 13.7 Å². The molecule has 1 heterocycles. The third-order valence-corrected chi connectivity index (χ3v) is 7.81. The summed E-state index contributed by atoms with van der Waals surface area (Å²) >= 11 is 0. The Morgan fingerprint density at radius 1 is 1.15 bits per heavy atom. The average Bonchev–Trinajstić information content (AvgIpc) is 2.90. The van der Waals surface area contributed by atoms with Crippen molar-refractivity contribution in [2.45, 2.75) is 62.4 Å². The lowest BCUT2D eigenvalue weighted by Gasteiger charge is -2.42. The number of ether oxygens (including phenoxy) is 3. The molecule has 5 rings (SSSR count). The summed E-state index contributed by atoms with van der Waals surface area (Å²) in [6, 6.07) is 3.64. The van der Waals surface area contributed by atoms with Crippen molar-refractivity contribution in [3.8, 4) is 17.2 Å². The number of methoxy groups -OCH3 is 1. The minimum atomic E-state index is -2.24. The summed E-state index contributed by atoms with van der Waals surface area (Å²) in [4.78, 5) is 39.7. The zero-order valence-corrected chi connectivity index (χ0v) is 21.2. The van der Waals surface area contributed by atoms with Crippen molar-refractivity contribution in [2.24, 2.45) is 5.73 Å². The van der Waals surface area contributed by atoms with Gasteiger partial charge in [0.2, 0.25) is 5.78 Å². The summed E-state index contributed by atoms with van der Waals surface area (Å²) in [5.74, 6) is -3.77. The average molecular weight is 544 g/mol. The Hall–Kier alpha value is -3.39. The molecule has 1 unspecified atom stereocenters. The van der Waals surface area contributed by atoms with Gasteiger partial charge in [-0.15, -0.1) is 0 Å². The molecule has 1 saturated heterocycles. The van der Waals surface area contributed by atoms with Gasteiger partial charge >= 0.3 is 0 Å². The fraction of sp³-hybridized carbons (Fsp3) is 0.444. The SMILES string of the molecule is COc1cccc2c1C(=O)c1c(O)c3c(c(O)c1C2=O)C[C@@](O)(C(=O)CO)C[C@H]3OC1C[C@H](N)[C@@H](O)[C@H](C)O1. The Bertz CT molecular complexity index is 1380. The Balaban J connectivity index is 1.69. The normalized spacial score (nSPS) is 29.8. The quantitative estimate of drug-likeness (QED) is 0.235. The van der Waals surface area contributed by atoms with Crippen LogP contribution in [0.5, 0.6) is 17.2 Å². The molecule has 7 N–H and O–H groups in total. The van der Waals surface area contributed by atoms with Gasteiger partial charge in [-0.2, -0.15) is 0 Å². The Morgan fingerprint density at radius 2 is 1.85 bits per heavy atom. The highest BCUT2D eigenvalue weighted by molar-refractivity contribution is 6.31. The van der Waals surface area contributed by atoms with E-state index in [1.807, 2.05) is 0 Å². The molecule has 1 aliphatic heterocycles. The van der Waals surface area contributed by atoms with E-state index in [4.69, 9.17) is 19.9 Å². The number of phenolic OH excluding ortho intramolecular Hbond substituents is 2. The lowest BCUT2D eigenvalue weighted by molar-refractivity contribution is -0.247. The molecule has 6 atom stereocenters. The van der Waals surface area contributed by atoms with E-state index in [1.54, 1.807) is 6.92 Å². The van der Waals surface area contributed by atoms with Gasteiger partial charge in [0.05, 0.1) is 42.1 Å². The van der Waals surface area contributed by atoms with Crippen LogP contribution in [-0.2, 0) is 20.7 Å². The third-order valence-electron chi connectivity index (χ3n) is 7.81. The number of carbonyl (C=O) groups excluding carboxylic acids is 3. The molecule has 0 saturated carbocycles. The summed E-state index contributed by atoms with van der Waals surface area (Å²) in [5.41, 5.74) is 2.37. The topological polar surface area (TPSA) is 206 Å². The summed E-state index contributed by atoms with van der Waals surface area (Å²) in [6.45, 7) is 0.560. The van der Waals surface area contributed by atoms with E-state index in [0.717, 1.165) is 0 Å². The van der Waals surface area contributed by atoms with E-state index < -0.39 is 95.7 Å². The van der Waals surface area contributed by atoms with Crippen LogP contribution in [0.3, 0.4) is 0 Å². The molecule has 12 heteroatoms. The largest absolute Gasteiger partial charge is 0.507 e. The molecule has 2 aliphatic carbocycles. The molecule has 2 aromatic rings. The number of Topliss-reactive ketones (excluding diaryl/α,β-unsaturated/α-hetero) is 1. The van der Waals surface area contributed by atoms with Crippen LogP contribution in [0.15, 0.2) is 18.2 Å². The minimum absolute atomic E-state index is 0.0173. The fourth-order valence-corrected chi connectivity index (χ4v) is 5.75. The predicted molar refractivity (Wildman–Crippen MR) is 132 cm³/mol. The number of hydrogen-bond acceptors (Lipinski definition) is 12. The second-order valence-corrected chi connectivity index (χ2v) is 10.2. The van der Waals surface area contributed by atoms with Gasteiger partial charge in [0.1, 0.15) is 29.5 Å². The highest BCUT2D eigenvalue weighted by Gasteiger charge is 2.50. The minimum Gasteiger partial charge on any atom is -0.507 e. The molecule has 1 fully saturated rings. The third kappa shape index (κ3) is 4.11. The zero-order chi connectivity index (χ0) is 28.4. The monoisotopic (exact) mass is 543 g/mol. The van der Waals surface area contributed by atoms with Crippen molar-refractivity contribution in [3.05, 3.63) is 51.6 Å². The highest BCUT2D eigenvalue weighted by atomic mass is 16.7. The molecule has 0 aromatic heterocycles. The Morgan fingerprint density at radius 3 is 2.49 bits per heavy atom. The Labute approximate surface area is 222 Å². The van der Waals surface area contributed by atoms with E-state index in [-0.39, 0.29) is 34.4 Å². The number of ketones is 3. The molecular weight excluding hydrogens is 514 g/mol. The number of fused-ring (bicyclic) bond motifs is 3. The highest BCUT2D eigenvalue weighted by Crippen LogP contribution is 2.52. The summed E-state index contributed by atoms with van der Waals surface area (Å²) < 4.78 is 17.0. The predicted octanol–water partition coefficient (Wildman–Crippen LogP) is 0.00130. The van der Waals surface area contributed by atoms with Crippen LogP contribution in [-0.4, -0.2) is 86.7 Å². The summed E-state index contributed by atoms with van der Waals surface area (Å²) in [6.07, 6.45) is -5.12. The molecule has 0 bridgehead atoms. The standard InChI is InChI=1S/C27H29NO11/c1-10-22(31)13(28)6-17(38-10)39-15-8-27(36,16(30)9-29)7-12-19(15)26(35)21-20(24(12)33)23(32)11-4-3-5-14(37-2)18(11)25(21)34/h3-5,10,13,15,17,22,29,31,33,35-36H,6-9,28H2,1-2H3/t10-,13-,15+,17?,22-,27-/m0/s1. The maximum Gasteiger partial charge on any atom is 0.202 e. The first kappa shape index (κ1) is 27.2. The van der Waals surface area contributed by atoms with Gasteiger partial charge in [0.15, 0.2) is 17.9 Å². The second-order valence-electron chi connectivity index (χ2n) is 10.2. The van der Waals surface area contributed by atoms with Crippen LogP contribution in [0, 0.1) is 0 Å². The molecule has 0 spiro atoms. The molecular formula is C27H29NO11. The van der Waals surface area contributed by atoms with E-state index in [2.05, 4.69) is 0 Å². The van der Waals surface area contributed by atoms with Crippen molar-refractivity contribution >= 4 is 17.3 Å². The number of rotatable bonds is 5. The van der Waals surface area contributed by atoms with Crippen LogP contribution in [0.1, 0.15) is 68.8 Å². The maximum absolute atomic E-state index is 13.6. The van der Waals surface area contributed by atoms with E-state index in [1.165, 1.54) is 25.3 Å². The second kappa shape index (κ2) is 9.66. The number of phenols is 2. The number of benzene rings is 2. The van der Waals surface area contributed by atoms with Gasteiger partial charge in [-0.25, -0.2) is 0 Å². The van der Waals surface area contributed by atoms with Crippen molar-refractivity contribution in [1.29, 1.82) is 0 Å².